The van der Waals surface area contributed by atoms with E-state index in [1.165, 1.54) is 0 Å². The van der Waals surface area contributed by atoms with Crippen molar-refractivity contribution in [2.24, 2.45) is 0 Å². The fourth-order valence-electron chi connectivity index (χ4n) is 1.52. The maximum absolute atomic E-state index is 6.10. The van der Waals surface area contributed by atoms with Crippen LogP contribution >= 0.6 is 23.2 Å². The van der Waals surface area contributed by atoms with E-state index < -0.39 is 0 Å². The minimum atomic E-state index is -0.165. The van der Waals surface area contributed by atoms with Gasteiger partial charge < -0.3 is 5.32 Å². The third-order valence-electron chi connectivity index (χ3n) is 2.50. The van der Waals surface area contributed by atoms with Gasteiger partial charge in [-0.1, -0.05) is 56.1 Å². The van der Waals surface area contributed by atoms with Gasteiger partial charge in [0.2, 0.25) is 0 Å². The van der Waals surface area contributed by atoms with Gasteiger partial charge in [0.25, 0.3) is 0 Å². The molecule has 0 aliphatic rings. The fourth-order valence-corrected chi connectivity index (χ4v) is 1.88. The molecule has 0 saturated carbocycles. The van der Waals surface area contributed by atoms with E-state index in [-0.39, 0.29) is 5.41 Å². The lowest BCUT2D eigenvalue weighted by molar-refractivity contribution is 0.546. The molecule has 19 heavy (non-hydrogen) atoms. The van der Waals surface area contributed by atoms with E-state index in [1.807, 2.05) is 45.0 Å². The fraction of sp³-hybridized carbons (Fsp3) is 0.286. The smallest absolute Gasteiger partial charge is 0.137 e. The van der Waals surface area contributed by atoms with Crippen LogP contribution in [-0.2, 0) is 5.41 Å². The Balaban J connectivity index is 2.36. The molecule has 0 saturated heterocycles. The quantitative estimate of drug-likeness (QED) is 0.807. The highest BCUT2D eigenvalue weighted by atomic mass is 35.5. The second kappa shape index (κ2) is 5.35. The Morgan fingerprint density at radius 2 is 1.74 bits per heavy atom. The van der Waals surface area contributed by atoms with Crippen molar-refractivity contribution >= 4 is 34.7 Å². The minimum absolute atomic E-state index is 0.165. The molecule has 1 aromatic heterocycles. The maximum Gasteiger partial charge on any atom is 0.137 e. The topological polar surface area (TPSA) is 37.8 Å². The van der Waals surface area contributed by atoms with Crippen molar-refractivity contribution in [3.63, 3.8) is 0 Å². The highest BCUT2D eigenvalue weighted by Gasteiger charge is 2.19. The minimum Gasteiger partial charge on any atom is -0.339 e. The van der Waals surface area contributed by atoms with Crippen LogP contribution in [0.3, 0.4) is 0 Å². The lowest BCUT2D eigenvalue weighted by Crippen LogP contribution is -2.16. The number of halogens is 2. The molecule has 0 fully saturated rings. The van der Waals surface area contributed by atoms with Crippen LogP contribution < -0.4 is 5.32 Å². The number of anilines is 2. The molecule has 3 nitrogen and oxygen atoms in total. The molecule has 2 aromatic rings. The summed E-state index contributed by atoms with van der Waals surface area (Å²) in [4.78, 5) is 8.73. The Hall–Kier alpha value is -1.32. The van der Waals surface area contributed by atoms with Gasteiger partial charge in [-0.3, -0.25) is 0 Å². The zero-order valence-electron chi connectivity index (χ0n) is 11.0. The molecule has 0 amide bonds. The monoisotopic (exact) mass is 295 g/mol. The SMILES string of the molecule is CC(C)(C)c1nc(Cl)cc(Nc2ccccc2Cl)n1. The zero-order chi connectivity index (χ0) is 14.0. The average molecular weight is 296 g/mol. The lowest BCUT2D eigenvalue weighted by Gasteiger charge is -2.18. The first-order valence-electron chi connectivity index (χ1n) is 5.93. The standard InChI is InChI=1S/C14H15Cl2N3/c1-14(2,3)13-18-11(16)8-12(19-13)17-10-7-5-4-6-9(10)15/h4-8H,1-3H3,(H,17,18,19). The Kier molecular flexibility index (Phi) is 3.97. The van der Waals surface area contributed by atoms with Gasteiger partial charge in [0.05, 0.1) is 10.7 Å². The Labute approximate surface area is 123 Å². The van der Waals surface area contributed by atoms with Crippen LogP contribution in [0.2, 0.25) is 10.2 Å². The largest absolute Gasteiger partial charge is 0.339 e. The number of nitrogens with one attached hydrogen (secondary N) is 1. The summed E-state index contributed by atoms with van der Waals surface area (Å²) in [6.45, 7) is 6.12. The summed E-state index contributed by atoms with van der Waals surface area (Å²) in [5, 5.41) is 4.20. The van der Waals surface area contributed by atoms with Crippen LogP contribution in [0.25, 0.3) is 0 Å². The van der Waals surface area contributed by atoms with Crippen LogP contribution in [0, 0.1) is 0 Å². The summed E-state index contributed by atoms with van der Waals surface area (Å²) in [5.41, 5.74) is 0.626. The van der Waals surface area contributed by atoms with Crippen molar-refractivity contribution in [1.82, 2.24) is 9.97 Å². The second-order valence-corrected chi connectivity index (χ2v) is 6.05. The molecule has 2 rings (SSSR count). The number of benzene rings is 1. The number of nitrogens with zero attached hydrogens (tertiary/aromatic N) is 2. The van der Waals surface area contributed by atoms with E-state index >= 15 is 0 Å². The number of hydrogen-bond acceptors (Lipinski definition) is 3. The van der Waals surface area contributed by atoms with Gasteiger partial charge in [0.1, 0.15) is 16.8 Å². The molecule has 0 bridgehead atoms. The molecule has 0 unspecified atom stereocenters. The maximum atomic E-state index is 6.10. The zero-order valence-corrected chi connectivity index (χ0v) is 12.5. The van der Waals surface area contributed by atoms with Crippen LogP contribution in [0.5, 0.6) is 0 Å². The molecule has 1 aromatic carbocycles. The van der Waals surface area contributed by atoms with Gasteiger partial charge in [0, 0.05) is 11.5 Å². The second-order valence-electron chi connectivity index (χ2n) is 5.25. The van der Waals surface area contributed by atoms with E-state index in [0.717, 1.165) is 5.69 Å². The van der Waals surface area contributed by atoms with E-state index in [2.05, 4.69) is 15.3 Å². The molecule has 5 heteroatoms. The molecule has 0 aliphatic carbocycles. The first-order valence-corrected chi connectivity index (χ1v) is 6.68. The Bertz CT molecular complexity index is 591. The molecule has 0 radical (unpaired) electrons. The van der Waals surface area contributed by atoms with E-state index in [0.29, 0.717) is 21.8 Å². The van der Waals surface area contributed by atoms with Crippen LogP contribution in [0.4, 0.5) is 11.5 Å². The van der Waals surface area contributed by atoms with Gasteiger partial charge in [0.15, 0.2) is 0 Å². The van der Waals surface area contributed by atoms with Crippen LogP contribution in [0.1, 0.15) is 26.6 Å². The van der Waals surface area contributed by atoms with Crippen molar-refractivity contribution in [3.8, 4) is 0 Å². The summed E-state index contributed by atoms with van der Waals surface area (Å²) < 4.78 is 0. The lowest BCUT2D eigenvalue weighted by atomic mass is 9.96. The molecule has 1 heterocycles. The van der Waals surface area contributed by atoms with Gasteiger partial charge in [-0.25, -0.2) is 9.97 Å². The van der Waals surface area contributed by atoms with Crippen molar-refractivity contribution < 1.29 is 0 Å². The summed E-state index contributed by atoms with van der Waals surface area (Å²) in [6.07, 6.45) is 0. The van der Waals surface area contributed by atoms with E-state index in [1.54, 1.807) is 6.07 Å². The van der Waals surface area contributed by atoms with Gasteiger partial charge in [-0.05, 0) is 12.1 Å². The normalized spacial score (nSPS) is 11.4. The van der Waals surface area contributed by atoms with Crippen molar-refractivity contribution in [1.29, 1.82) is 0 Å². The van der Waals surface area contributed by atoms with Crippen molar-refractivity contribution in [2.75, 3.05) is 5.32 Å². The number of aromatic nitrogens is 2. The summed E-state index contributed by atoms with van der Waals surface area (Å²) in [7, 11) is 0. The van der Waals surface area contributed by atoms with Gasteiger partial charge in [-0.2, -0.15) is 0 Å². The molecular weight excluding hydrogens is 281 g/mol. The third kappa shape index (κ3) is 3.58. The number of rotatable bonds is 2. The third-order valence-corrected chi connectivity index (χ3v) is 3.03. The predicted octanol–water partition coefficient (Wildman–Crippen LogP) is 4.82. The average Bonchev–Trinajstić information content (AvgIpc) is 2.30. The molecule has 0 atom stereocenters. The van der Waals surface area contributed by atoms with Crippen LogP contribution in [-0.4, -0.2) is 9.97 Å². The Morgan fingerprint density at radius 3 is 2.37 bits per heavy atom. The van der Waals surface area contributed by atoms with Gasteiger partial charge >= 0.3 is 0 Å². The predicted molar refractivity (Wildman–Crippen MR) is 80.5 cm³/mol. The number of para-hydroxylation sites is 1. The molecule has 100 valence electrons. The Morgan fingerprint density at radius 1 is 1.05 bits per heavy atom. The molecular formula is C14H15Cl2N3. The highest BCUT2D eigenvalue weighted by molar-refractivity contribution is 6.33. The van der Waals surface area contributed by atoms with Crippen molar-refractivity contribution in [2.45, 2.75) is 26.2 Å². The summed E-state index contributed by atoms with van der Waals surface area (Å²) in [5.74, 6) is 1.33. The van der Waals surface area contributed by atoms with Crippen LogP contribution in [0.15, 0.2) is 30.3 Å². The molecule has 0 aliphatic heterocycles. The summed E-state index contributed by atoms with van der Waals surface area (Å²) >= 11 is 12.1. The first-order chi connectivity index (χ1) is 8.86. The van der Waals surface area contributed by atoms with Crippen molar-refractivity contribution in [3.05, 3.63) is 46.3 Å². The van der Waals surface area contributed by atoms with E-state index in [4.69, 9.17) is 23.2 Å². The molecule has 1 N–H and O–H groups in total. The summed E-state index contributed by atoms with van der Waals surface area (Å²) in [6, 6.07) is 9.16. The molecule has 0 spiro atoms. The van der Waals surface area contributed by atoms with E-state index in [9.17, 15) is 0 Å². The number of hydrogen-bond donors (Lipinski definition) is 1. The first kappa shape index (κ1) is 14.1. The highest BCUT2D eigenvalue weighted by Crippen LogP contribution is 2.27. The van der Waals surface area contributed by atoms with Gasteiger partial charge in [-0.15, -0.1) is 0 Å².